The molecule has 2 N–H and O–H groups in total. The highest BCUT2D eigenvalue weighted by Crippen LogP contribution is 2.53. The number of hydrogen-bond donors (Lipinski definition) is 2. The molecule has 0 radical (unpaired) electrons. The Balaban J connectivity index is 1.77. The van der Waals surface area contributed by atoms with Gasteiger partial charge in [0.1, 0.15) is 0 Å². The molecule has 166 valence electrons. The summed E-state index contributed by atoms with van der Waals surface area (Å²) >= 11 is 0. The zero-order chi connectivity index (χ0) is 22.8. The Morgan fingerprint density at radius 3 is 2.72 bits per heavy atom. The third kappa shape index (κ3) is 2.61. The zero-order valence-electron chi connectivity index (χ0n) is 17.4. The standard InChI is InChI=1S/C22H22N4O6/c1-23-20(28)22(21(29)30)9-13-8-14(26(31)32)5-6-16(13)25-11-12-7-15(19(22)25)17-3-2-4-18(27)24(17)10-12/h2-6,8,12,15,19H,7,9-11H2,1H3,(H,23,28)(H,29,30)/t12-,15-,19+,22?/m0/s1. The maximum atomic E-state index is 13.2. The lowest BCUT2D eigenvalue weighted by atomic mass is 9.61. The van der Waals surface area contributed by atoms with E-state index >= 15 is 0 Å². The number of benzene rings is 1. The van der Waals surface area contributed by atoms with Gasteiger partial charge in [0.25, 0.3) is 11.2 Å². The molecule has 4 heterocycles. The number of amides is 1. The van der Waals surface area contributed by atoms with Crippen LogP contribution < -0.4 is 15.8 Å². The summed E-state index contributed by atoms with van der Waals surface area (Å²) in [5.74, 6) is -2.20. The van der Waals surface area contributed by atoms with Crippen LogP contribution in [0.2, 0.25) is 0 Å². The van der Waals surface area contributed by atoms with Crippen LogP contribution in [0.5, 0.6) is 0 Å². The number of carboxylic acids is 1. The van der Waals surface area contributed by atoms with Gasteiger partial charge >= 0.3 is 5.97 Å². The summed E-state index contributed by atoms with van der Waals surface area (Å²) in [7, 11) is 1.39. The van der Waals surface area contributed by atoms with Crippen LogP contribution in [-0.4, -0.2) is 46.1 Å². The van der Waals surface area contributed by atoms with Gasteiger partial charge in [0.15, 0.2) is 5.41 Å². The Morgan fingerprint density at radius 1 is 1.25 bits per heavy atom. The van der Waals surface area contributed by atoms with Crippen molar-refractivity contribution in [3.8, 4) is 0 Å². The summed E-state index contributed by atoms with van der Waals surface area (Å²) in [5, 5.41) is 24.3. The van der Waals surface area contributed by atoms with Crippen molar-refractivity contribution in [1.82, 2.24) is 9.88 Å². The van der Waals surface area contributed by atoms with Gasteiger partial charge in [-0.1, -0.05) is 6.07 Å². The first-order chi connectivity index (χ1) is 15.3. The van der Waals surface area contributed by atoms with Gasteiger partial charge in [-0.3, -0.25) is 24.5 Å². The topological polar surface area (TPSA) is 135 Å². The van der Waals surface area contributed by atoms with E-state index in [-0.39, 0.29) is 29.5 Å². The summed E-state index contributed by atoms with van der Waals surface area (Å²) in [6.07, 6.45) is 0.497. The first-order valence-corrected chi connectivity index (χ1v) is 10.5. The highest BCUT2D eigenvalue weighted by atomic mass is 16.6. The smallest absolute Gasteiger partial charge is 0.321 e. The van der Waals surface area contributed by atoms with Gasteiger partial charge in [-0.25, -0.2) is 0 Å². The van der Waals surface area contributed by atoms with Crippen molar-refractivity contribution >= 4 is 23.3 Å². The predicted octanol–water partition coefficient (Wildman–Crippen LogP) is 1.12. The van der Waals surface area contributed by atoms with Crippen LogP contribution in [0.3, 0.4) is 0 Å². The zero-order valence-corrected chi connectivity index (χ0v) is 17.4. The molecule has 0 saturated carbocycles. The van der Waals surface area contributed by atoms with E-state index in [2.05, 4.69) is 5.32 Å². The molecule has 1 unspecified atom stereocenters. The maximum Gasteiger partial charge on any atom is 0.321 e. The molecule has 2 aromatic rings. The molecule has 32 heavy (non-hydrogen) atoms. The fourth-order valence-corrected chi connectivity index (χ4v) is 6.01. The number of nitrogens with zero attached hydrogens (tertiary/aromatic N) is 3. The Labute approximate surface area is 182 Å². The van der Waals surface area contributed by atoms with E-state index in [4.69, 9.17) is 0 Å². The number of nitro groups is 1. The second-order valence-electron chi connectivity index (χ2n) is 8.81. The van der Waals surface area contributed by atoms with E-state index in [1.54, 1.807) is 16.7 Å². The number of carbonyl (C=O) groups excluding carboxylic acids is 1. The molecule has 2 bridgehead atoms. The van der Waals surface area contributed by atoms with E-state index in [1.165, 1.54) is 25.2 Å². The number of nitrogens with one attached hydrogen (secondary N) is 1. The Bertz CT molecular complexity index is 1220. The number of piperidine rings is 1. The molecule has 4 atom stereocenters. The van der Waals surface area contributed by atoms with Gasteiger partial charge in [-0.05, 0) is 30.0 Å². The lowest BCUT2D eigenvalue weighted by Gasteiger charge is -2.57. The maximum absolute atomic E-state index is 13.2. The number of carboxylic acid groups (broad SMARTS) is 1. The molecule has 10 heteroatoms. The summed E-state index contributed by atoms with van der Waals surface area (Å²) in [4.78, 5) is 51.3. The fourth-order valence-electron chi connectivity index (χ4n) is 6.01. The molecule has 5 rings (SSSR count). The largest absolute Gasteiger partial charge is 0.480 e. The number of non-ortho nitro benzene ring substituents is 1. The first-order valence-electron chi connectivity index (χ1n) is 10.5. The number of rotatable bonds is 3. The monoisotopic (exact) mass is 438 g/mol. The van der Waals surface area contributed by atoms with Crippen molar-refractivity contribution in [2.75, 3.05) is 18.5 Å². The van der Waals surface area contributed by atoms with Crippen LogP contribution >= 0.6 is 0 Å². The molecule has 1 aromatic heterocycles. The van der Waals surface area contributed by atoms with Gasteiger partial charge in [0.2, 0.25) is 5.91 Å². The van der Waals surface area contributed by atoms with Gasteiger partial charge in [0.05, 0.1) is 11.0 Å². The van der Waals surface area contributed by atoms with Crippen LogP contribution in [0.4, 0.5) is 11.4 Å². The van der Waals surface area contributed by atoms with Crippen LogP contribution in [0.15, 0.2) is 41.2 Å². The van der Waals surface area contributed by atoms with Crippen molar-refractivity contribution in [1.29, 1.82) is 0 Å². The Morgan fingerprint density at radius 2 is 2.03 bits per heavy atom. The molecular formula is C22H22N4O6. The van der Waals surface area contributed by atoms with E-state index in [0.29, 0.717) is 30.8 Å². The summed E-state index contributed by atoms with van der Waals surface area (Å²) in [6, 6.07) is 8.67. The average Bonchev–Trinajstić information content (AvgIpc) is 2.77. The number of carbonyl (C=O) groups is 2. The first kappa shape index (κ1) is 20.2. The number of fused-ring (bicyclic) bond motifs is 8. The van der Waals surface area contributed by atoms with Crippen LogP contribution in [0.25, 0.3) is 0 Å². The molecule has 1 aromatic carbocycles. The summed E-state index contributed by atoms with van der Waals surface area (Å²) in [5.41, 5.74) is -0.246. The van der Waals surface area contributed by atoms with Crippen LogP contribution in [0.1, 0.15) is 23.6 Å². The normalized spacial score (nSPS) is 27.5. The third-order valence-electron chi connectivity index (χ3n) is 7.23. The van der Waals surface area contributed by atoms with E-state index in [1.807, 2.05) is 11.0 Å². The number of hydrogen-bond acceptors (Lipinski definition) is 6. The minimum atomic E-state index is -1.86. The molecular weight excluding hydrogens is 416 g/mol. The number of nitro benzene ring substituents is 1. The third-order valence-corrected chi connectivity index (χ3v) is 7.23. The van der Waals surface area contributed by atoms with Crippen LogP contribution in [-0.2, 0) is 22.6 Å². The number of anilines is 1. The van der Waals surface area contributed by atoms with Crippen LogP contribution in [0, 0.1) is 21.4 Å². The second kappa shape index (κ2) is 6.91. The number of aliphatic carboxylic acids is 1. The highest BCUT2D eigenvalue weighted by molar-refractivity contribution is 6.04. The molecule has 0 spiro atoms. The molecule has 10 nitrogen and oxygen atoms in total. The van der Waals surface area contributed by atoms with Crippen molar-refractivity contribution in [3.63, 3.8) is 0 Å². The van der Waals surface area contributed by atoms with Gasteiger partial charge in [-0.2, -0.15) is 0 Å². The van der Waals surface area contributed by atoms with Gasteiger partial charge < -0.3 is 19.9 Å². The fraction of sp³-hybridized carbons (Fsp3) is 0.409. The molecule has 1 saturated heterocycles. The minimum Gasteiger partial charge on any atom is -0.480 e. The van der Waals surface area contributed by atoms with Gasteiger partial charge in [-0.15, -0.1) is 0 Å². The Kier molecular flexibility index (Phi) is 4.37. The molecule has 3 aliphatic heterocycles. The summed E-state index contributed by atoms with van der Waals surface area (Å²) < 4.78 is 1.69. The number of pyridine rings is 1. The molecule has 1 amide bonds. The van der Waals surface area contributed by atoms with Crippen molar-refractivity contribution in [2.24, 2.45) is 11.3 Å². The van der Waals surface area contributed by atoms with E-state index < -0.39 is 28.3 Å². The van der Waals surface area contributed by atoms with Crippen molar-refractivity contribution in [2.45, 2.75) is 31.3 Å². The molecule has 1 fully saturated rings. The molecule has 3 aliphatic rings. The second-order valence-corrected chi connectivity index (χ2v) is 8.81. The summed E-state index contributed by atoms with van der Waals surface area (Å²) in [6.45, 7) is 0.968. The van der Waals surface area contributed by atoms with E-state index in [9.17, 15) is 29.6 Å². The van der Waals surface area contributed by atoms with Crippen molar-refractivity contribution < 1.29 is 19.6 Å². The predicted molar refractivity (Wildman–Crippen MR) is 114 cm³/mol. The van der Waals surface area contributed by atoms with Gasteiger partial charge in [0, 0.05) is 62.1 Å². The quantitative estimate of drug-likeness (QED) is 0.417. The minimum absolute atomic E-state index is 0.0844. The lowest BCUT2D eigenvalue weighted by molar-refractivity contribution is -0.384. The van der Waals surface area contributed by atoms with Crippen molar-refractivity contribution in [3.05, 3.63) is 68.1 Å². The lowest BCUT2D eigenvalue weighted by Crippen LogP contribution is -2.68. The Hall–Kier alpha value is -3.69. The number of aromatic nitrogens is 1. The van der Waals surface area contributed by atoms with E-state index in [0.717, 1.165) is 5.69 Å². The average molecular weight is 438 g/mol. The molecule has 0 aliphatic carbocycles. The highest BCUT2D eigenvalue weighted by Gasteiger charge is 2.62. The SMILES string of the molecule is CNC(=O)C1(C(=O)O)Cc2cc([N+](=O)[O-])ccc2N2C[C@H]3C[C@@H](c4cccc(=O)n4C3)[C@@H]21.